The number of ether oxygens (including phenoxy) is 3. The van der Waals surface area contributed by atoms with E-state index in [1.54, 1.807) is 18.9 Å². The Labute approximate surface area is 174 Å². The quantitative estimate of drug-likeness (QED) is 0.702. The van der Waals surface area contributed by atoms with Crippen molar-refractivity contribution in [2.24, 2.45) is 5.73 Å². The van der Waals surface area contributed by atoms with Gasteiger partial charge in [-0.2, -0.15) is 10.4 Å². The van der Waals surface area contributed by atoms with Crippen LogP contribution in [-0.2, 0) is 6.54 Å². The largest absolute Gasteiger partial charge is 0.493 e. The number of fused-ring (bicyclic) bond motifs is 1. The molecule has 4 rings (SSSR count). The van der Waals surface area contributed by atoms with Crippen molar-refractivity contribution >= 4 is 0 Å². The van der Waals surface area contributed by atoms with Gasteiger partial charge in [-0.1, -0.05) is 36.4 Å². The van der Waals surface area contributed by atoms with Crippen LogP contribution in [0.25, 0.3) is 0 Å². The predicted molar refractivity (Wildman–Crippen MR) is 111 cm³/mol. The third-order valence-corrected chi connectivity index (χ3v) is 5.21. The second-order valence-corrected chi connectivity index (χ2v) is 6.99. The molecular weight excluding hydrogens is 380 g/mol. The fourth-order valence-electron chi connectivity index (χ4n) is 3.81. The summed E-state index contributed by atoms with van der Waals surface area (Å²) in [5.74, 6) is 1.41. The highest BCUT2D eigenvalue weighted by Gasteiger charge is 2.36. The predicted octanol–water partition coefficient (Wildman–Crippen LogP) is 3.48. The fraction of sp³-hybridized carbons (Fsp3) is 0.217. The number of hydrogen-bond acceptors (Lipinski definition) is 6. The van der Waals surface area contributed by atoms with Crippen molar-refractivity contribution in [1.82, 2.24) is 9.78 Å². The van der Waals surface area contributed by atoms with Crippen molar-refractivity contribution in [3.8, 4) is 23.4 Å². The third-order valence-electron chi connectivity index (χ3n) is 5.21. The summed E-state index contributed by atoms with van der Waals surface area (Å²) in [4.78, 5) is 0. The van der Waals surface area contributed by atoms with Crippen LogP contribution in [0.1, 0.15) is 28.3 Å². The van der Waals surface area contributed by atoms with Crippen LogP contribution in [0.4, 0.5) is 0 Å². The summed E-state index contributed by atoms with van der Waals surface area (Å²) in [6, 6.07) is 17.8. The number of allylic oxidation sites excluding steroid dienone is 1. The van der Waals surface area contributed by atoms with Gasteiger partial charge in [0.15, 0.2) is 11.5 Å². The Kier molecular flexibility index (Phi) is 5.07. The van der Waals surface area contributed by atoms with E-state index < -0.39 is 5.92 Å². The number of nitrogens with two attached hydrogens (primary N) is 1. The zero-order valence-electron chi connectivity index (χ0n) is 17.0. The van der Waals surface area contributed by atoms with Crippen LogP contribution in [0.5, 0.6) is 17.4 Å². The Morgan fingerprint density at radius 3 is 2.53 bits per heavy atom. The minimum absolute atomic E-state index is 0.0824. The smallest absolute Gasteiger partial charge is 0.224 e. The molecule has 0 spiro atoms. The second kappa shape index (κ2) is 7.84. The minimum atomic E-state index is -0.414. The zero-order chi connectivity index (χ0) is 21.3. The summed E-state index contributed by atoms with van der Waals surface area (Å²) in [6.45, 7) is 2.44. The van der Waals surface area contributed by atoms with Crippen molar-refractivity contribution in [3.05, 3.63) is 82.4 Å². The SMILES string of the molecule is COc1ccc([C@@H]2C(C#N)=C(N)Oc3c2c(C)nn3Cc2ccccc2)cc1OC. The first kappa shape index (κ1) is 19.4. The van der Waals surface area contributed by atoms with Crippen LogP contribution in [0, 0.1) is 18.3 Å². The first-order valence-electron chi connectivity index (χ1n) is 9.48. The molecule has 0 radical (unpaired) electrons. The van der Waals surface area contributed by atoms with Crippen LogP contribution in [0.3, 0.4) is 0 Å². The van der Waals surface area contributed by atoms with Gasteiger partial charge in [0, 0.05) is 0 Å². The molecule has 0 bridgehead atoms. The lowest BCUT2D eigenvalue weighted by Crippen LogP contribution is -2.22. The second-order valence-electron chi connectivity index (χ2n) is 6.99. The minimum Gasteiger partial charge on any atom is -0.493 e. The van der Waals surface area contributed by atoms with Gasteiger partial charge in [0.05, 0.1) is 37.9 Å². The summed E-state index contributed by atoms with van der Waals surface area (Å²) in [5, 5.41) is 14.5. The Hall–Kier alpha value is -3.92. The number of benzene rings is 2. The van der Waals surface area contributed by atoms with Crippen LogP contribution in [0.2, 0.25) is 0 Å². The molecule has 3 aromatic rings. The molecular formula is C23H22N4O3. The maximum absolute atomic E-state index is 9.83. The van der Waals surface area contributed by atoms with Gasteiger partial charge in [0.2, 0.25) is 11.8 Å². The maximum atomic E-state index is 9.83. The van der Waals surface area contributed by atoms with E-state index in [0.717, 1.165) is 22.4 Å². The first-order valence-corrected chi connectivity index (χ1v) is 9.48. The lowest BCUT2D eigenvalue weighted by Gasteiger charge is -2.25. The van der Waals surface area contributed by atoms with E-state index >= 15 is 0 Å². The summed E-state index contributed by atoms with van der Waals surface area (Å²) >= 11 is 0. The molecule has 0 aliphatic carbocycles. The Bertz CT molecular complexity index is 1160. The Balaban J connectivity index is 1.85. The number of aromatic nitrogens is 2. The lowest BCUT2D eigenvalue weighted by atomic mass is 9.84. The zero-order valence-corrected chi connectivity index (χ0v) is 17.0. The Morgan fingerprint density at radius 2 is 1.87 bits per heavy atom. The number of methoxy groups -OCH3 is 2. The van der Waals surface area contributed by atoms with Gasteiger partial charge >= 0.3 is 0 Å². The number of aryl methyl sites for hydroxylation is 1. The normalized spacial score (nSPS) is 15.2. The van der Waals surface area contributed by atoms with E-state index in [2.05, 4.69) is 11.2 Å². The van der Waals surface area contributed by atoms with Crippen molar-refractivity contribution in [1.29, 1.82) is 5.26 Å². The summed E-state index contributed by atoms with van der Waals surface area (Å²) in [7, 11) is 3.16. The fourth-order valence-corrected chi connectivity index (χ4v) is 3.81. The van der Waals surface area contributed by atoms with E-state index in [-0.39, 0.29) is 5.88 Å². The number of nitriles is 1. The molecule has 152 valence electrons. The molecule has 1 atom stereocenters. The summed E-state index contributed by atoms with van der Waals surface area (Å²) in [5.41, 5.74) is 10.0. The van der Waals surface area contributed by atoms with Crippen LogP contribution >= 0.6 is 0 Å². The molecule has 1 aliphatic rings. The summed E-state index contributed by atoms with van der Waals surface area (Å²) < 4.78 is 18.5. The van der Waals surface area contributed by atoms with Crippen molar-refractivity contribution in [2.45, 2.75) is 19.4 Å². The molecule has 2 aromatic carbocycles. The van der Waals surface area contributed by atoms with Crippen molar-refractivity contribution in [3.63, 3.8) is 0 Å². The Morgan fingerprint density at radius 1 is 1.13 bits per heavy atom. The van der Waals surface area contributed by atoms with E-state index in [1.807, 2.05) is 55.5 Å². The van der Waals surface area contributed by atoms with E-state index in [9.17, 15) is 5.26 Å². The average Bonchev–Trinajstić information content (AvgIpc) is 3.07. The van der Waals surface area contributed by atoms with Crippen LogP contribution in [-0.4, -0.2) is 24.0 Å². The molecule has 2 N–H and O–H groups in total. The number of rotatable bonds is 5. The van der Waals surface area contributed by atoms with Gasteiger partial charge in [0.1, 0.15) is 11.6 Å². The average molecular weight is 402 g/mol. The lowest BCUT2D eigenvalue weighted by molar-refractivity contribution is 0.349. The molecule has 0 saturated heterocycles. The molecule has 1 aromatic heterocycles. The molecule has 30 heavy (non-hydrogen) atoms. The molecule has 7 nitrogen and oxygen atoms in total. The highest BCUT2D eigenvalue weighted by Crippen LogP contribution is 2.45. The highest BCUT2D eigenvalue weighted by molar-refractivity contribution is 5.57. The van der Waals surface area contributed by atoms with Crippen LogP contribution in [0.15, 0.2) is 60.0 Å². The first-order chi connectivity index (χ1) is 14.6. The van der Waals surface area contributed by atoms with Gasteiger partial charge in [-0.15, -0.1) is 0 Å². The molecule has 0 unspecified atom stereocenters. The third kappa shape index (κ3) is 3.22. The number of hydrogen-bond donors (Lipinski definition) is 1. The monoisotopic (exact) mass is 402 g/mol. The van der Waals surface area contributed by atoms with E-state index in [0.29, 0.717) is 29.5 Å². The molecule has 0 amide bonds. The molecule has 0 saturated carbocycles. The van der Waals surface area contributed by atoms with Gasteiger partial charge < -0.3 is 19.9 Å². The maximum Gasteiger partial charge on any atom is 0.224 e. The van der Waals surface area contributed by atoms with E-state index in [4.69, 9.17) is 19.9 Å². The van der Waals surface area contributed by atoms with Crippen molar-refractivity contribution in [2.75, 3.05) is 14.2 Å². The van der Waals surface area contributed by atoms with E-state index in [1.165, 1.54) is 0 Å². The van der Waals surface area contributed by atoms with Gasteiger partial charge in [-0.25, -0.2) is 4.68 Å². The number of nitrogens with zero attached hydrogens (tertiary/aromatic N) is 3. The highest BCUT2D eigenvalue weighted by atomic mass is 16.5. The van der Waals surface area contributed by atoms with Crippen LogP contribution < -0.4 is 19.9 Å². The molecule has 2 heterocycles. The van der Waals surface area contributed by atoms with Gasteiger partial charge in [0.25, 0.3) is 0 Å². The van der Waals surface area contributed by atoms with Gasteiger partial charge in [-0.3, -0.25) is 0 Å². The topological polar surface area (TPSA) is 95.3 Å². The molecule has 0 fully saturated rings. The standard InChI is InChI=1S/C23H22N4O3/c1-14-20-21(16-9-10-18(28-2)19(11-16)29-3)17(12-24)22(25)30-23(20)27(26-14)13-15-7-5-4-6-8-15/h4-11,21H,13,25H2,1-3H3/t21-/m1/s1. The molecule has 7 heteroatoms. The van der Waals surface area contributed by atoms with Gasteiger partial charge in [-0.05, 0) is 30.2 Å². The molecule has 1 aliphatic heterocycles. The van der Waals surface area contributed by atoms with Crippen molar-refractivity contribution < 1.29 is 14.2 Å². The summed E-state index contributed by atoms with van der Waals surface area (Å²) in [6.07, 6.45) is 0.